The molecule has 2 aromatic rings. The van der Waals surface area contributed by atoms with Gasteiger partial charge in [-0.15, -0.1) is 0 Å². The Morgan fingerprint density at radius 1 is 1.12 bits per heavy atom. The first-order chi connectivity index (χ1) is 7.58. The predicted molar refractivity (Wildman–Crippen MR) is 61.3 cm³/mol. The van der Waals surface area contributed by atoms with Gasteiger partial charge in [-0.3, -0.25) is 19.8 Å². The van der Waals surface area contributed by atoms with Gasteiger partial charge in [0, 0.05) is 16.7 Å². The Morgan fingerprint density at radius 2 is 1.88 bits per heavy atom. The second-order valence-corrected chi connectivity index (χ2v) is 3.97. The first kappa shape index (κ1) is 11.0. The van der Waals surface area contributed by atoms with Gasteiger partial charge in [0.1, 0.15) is 5.69 Å². The fraction of sp³-hybridized carbons (Fsp3) is 0. The Labute approximate surface area is 100 Å². The highest BCUT2D eigenvalue weighted by Crippen LogP contribution is 2.22. The second-order valence-electron chi connectivity index (χ2n) is 3.13. The fourth-order valence-corrected chi connectivity index (χ4v) is 1.77. The molecule has 0 aliphatic heterocycles. The third kappa shape index (κ3) is 2.03. The van der Waals surface area contributed by atoms with Crippen molar-refractivity contribution in [2.45, 2.75) is 0 Å². The van der Waals surface area contributed by atoms with Crippen LogP contribution in [0.3, 0.4) is 0 Å². The summed E-state index contributed by atoms with van der Waals surface area (Å²) in [5.74, 6) is -0.361. The molecular weight excluding hydrogens is 251 g/mol. The summed E-state index contributed by atoms with van der Waals surface area (Å²) in [6, 6.07) is 5.72. The number of carbonyl (C=O) groups excluding carboxylic acids is 1. The maximum atomic E-state index is 11.9. The summed E-state index contributed by atoms with van der Waals surface area (Å²) in [4.78, 5) is 22.7. The average Bonchev–Trinajstić information content (AvgIpc) is 2.64. The molecule has 1 heterocycles. The number of ketones is 1. The van der Waals surface area contributed by atoms with Crippen LogP contribution in [-0.2, 0) is 0 Å². The normalized spacial score (nSPS) is 10.4. The van der Waals surface area contributed by atoms with Crippen molar-refractivity contribution in [2.75, 3.05) is 0 Å². The molecule has 0 radical (unpaired) electrons. The molecule has 0 atom stereocenters. The van der Waals surface area contributed by atoms with E-state index in [-0.39, 0.29) is 22.1 Å². The molecule has 16 heavy (non-hydrogen) atoms. The molecule has 82 valence electrons. The van der Waals surface area contributed by atoms with Crippen LogP contribution in [0.5, 0.6) is 0 Å². The number of hydrogen-bond donors (Lipinski definition) is 2. The van der Waals surface area contributed by atoms with Gasteiger partial charge in [0.15, 0.2) is 0 Å². The van der Waals surface area contributed by atoms with E-state index < -0.39 is 0 Å². The number of aromatic nitrogens is 2. The molecule has 0 spiro atoms. The summed E-state index contributed by atoms with van der Waals surface area (Å²) in [5, 5.41) is 5.44. The quantitative estimate of drug-likeness (QED) is 0.810. The zero-order chi connectivity index (χ0) is 11.7. The smallest absolute Gasteiger partial charge is 0.264 e. The fourth-order valence-electron chi connectivity index (χ4n) is 1.27. The summed E-state index contributed by atoms with van der Waals surface area (Å²) in [5.41, 5.74) is 0.0870. The van der Waals surface area contributed by atoms with Crippen molar-refractivity contribution >= 4 is 29.0 Å². The van der Waals surface area contributed by atoms with E-state index in [0.717, 1.165) is 0 Å². The molecule has 0 aliphatic rings. The van der Waals surface area contributed by atoms with Crippen molar-refractivity contribution < 1.29 is 4.79 Å². The van der Waals surface area contributed by atoms with Crippen LogP contribution in [0.1, 0.15) is 16.1 Å². The van der Waals surface area contributed by atoms with E-state index >= 15 is 0 Å². The van der Waals surface area contributed by atoms with Crippen molar-refractivity contribution in [3.05, 3.63) is 55.9 Å². The van der Waals surface area contributed by atoms with E-state index in [4.69, 9.17) is 23.2 Å². The van der Waals surface area contributed by atoms with Gasteiger partial charge < -0.3 is 0 Å². The molecule has 0 amide bonds. The monoisotopic (exact) mass is 256 g/mol. The second kappa shape index (κ2) is 4.15. The van der Waals surface area contributed by atoms with Crippen molar-refractivity contribution in [3.8, 4) is 0 Å². The van der Waals surface area contributed by atoms with Crippen LogP contribution in [0.2, 0.25) is 10.0 Å². The zero-order valence-electron chi connectivity index (χ0n) is 7.88. The van der Waals surface area contributed by atoms with Gasteiger partial charge in [0.2, 0.25) is 5.78 Å². The van der Waals surface area contributed by atoms with Gasteiger partial charge >= 0.3 is 0 Å². The number of halogens is 2. The van der Waals surface area contributed by atoms with Gasteiger partial charge in [0.05, 0.1) is 5.02 Å². The molecule has 0 unspecified atom stereocenters. The maximum Gasteiger partial charge on any atom is 0.264 e. The topological polar surface area (TPSA) is 65.7 Å². The van der Waals surface area contributed by atoms with Crippen molar-refractivity contribution in [1.82, 2.24) is 10.2 Å². The zero-order valence-corrected chi connectivity index (χ0v) is 9.39. The lowest BCUT2D eigenvalue weighted by Crippen LogP contribution is -2.02. The Hall–Kier alpha value is -1.52. The summed E-state index contributed by atoms with van der Waals surface area (Å²) >= 11 is 11.6. The van der Waals surface area contributed by atoms with Crippen LogP contribution in [0.4, 0.5) is 0 Å². The summed E-state index contributed by atoms with van der Waals surface area (Å²) < 4.78 is 0. The molecule has 0 fully saturated rings. The largest absolute Gasteiger partial charge is 0.294 e. The van der Waals surface area contributed by atoms with Crippen molar-refractivity contribution in [1.29, 1.82) is 0 Å². The minimum atomic E-state index is -0.367. The van der Waals surface area contributed by atoms with Crippen LogP contribution < -0.4 is 5.56 Å². The van der Waals surface area contributed by atoms with Gasteiger partial charge in [0.25, 0.3) is 5.56 Å². The summed E-state index contributed by atoms with van der Waals surface area (Å²) in [6.07, 6.45) is 0. The Bertz CT molecular complexity index is 601. The number of hydrogen-bond acceptors (Lipinski definition) is 2. The summed E-state index contributed by atoms with van der Waals surface area (Å²) in [6.45, 7) is 0. The molecule has 0 saturated heterocycles. The Kier molecular flexibility index (Phi) is 2.85. The Morgan fingerprint density at radius 3 is 2.44 bits per heavy atom. The first-order valence-electron chi connectivity index (χ1n) is 4.35. The molecule has 0 bridgehead atoms. The lowest BCUT2D eigenvalue weighted by molar-refractivity contribution is 0.103. The molecule has 1 aromatic heterocycles. The molecule has 4 nitrogen and oxygen atoms in total. The molecule has 1 aromatic carbocycles. The lowest BCUT2D eigenvalue weighted by Gasteiger charge is -2.01. The SMILES string of the molecule is O=C(c1cc(=O)[nH][nH]1)c1ccc(Cl)cc1Cl. The third-order valence-electron chi connectivity index (χ3n) is 2.02. The first-order valence-corrected chi connectivity index (χ1v) is 5.11. The van der Waals surface area contributed by atoms with E-state index in [0.29, 0.717) is 10.6 Å². The van der Waals surface area contributed by atoms with Crippen LogP contribution >= 0.6 is 23.2 Å². The molecule has 0 aliphatic carbocycles. The van der Waals surface area contributed by atoms with Crippen LogP contribution in [-0.4, -0.2) is 16.0 Å². The number of benzene rings is 1. The lowest BCUT2D eigenvalue weighted by atomic mass is 10.1. The van der Waals surface area contributed by atoms with Gasteiger partial charge in [-0.25, -0.2) is 0 Å². The number of nitrogens with one attached hydrogen (secondary N) is 2. The van der Waals surface area contributed by atoms with Crippen molar-refractivity contribution in [2.24, 2.45) is 0 Å². The molecular formula is C10H6Cl2N2O2. The Balaban J connectivity index is 2.45. The standard InChI is InChI=1S/C10H6Cl2N2O2/c11-5-1-2-6(7(12)3-5)10(16)8-4-9(15)14-13-8/h1-4H,(H2,13,14,15). The van der Waals surface area contributed by atoms with E-state index in [1.54, 1.807) is 6.07 Å². The van der Waals surface area contributed by atoms with Crippen molar-refractivity contribution in [3.63, 3.8) is 0 Å². The highest BCUT2D eigenvalue weighted by atomic mass is 35.5. The van der Waals surface area contributed by atoms with Crippen LogP contribution in [0, 0.1) is 0 Å². The third-order valence-corrected chi connectivity index (χ3v) is 2.56. The maximum absolute atomic E-state index is 11.9. The minimum Gasteiger partial charge on any atom is -0.294 e. The van der Waals surface area contributed by atoms with Gasteiger partial charge in [-0.1, -0.05) is 23.2 Å². The molecule has 2 rings (SSSR count). The van der Waals surface area contributed by atoms with E-state index in [1.807, 2.05) is 0 Å². The van der Waals surface area contributed by atoms with Crippen LogP contribution in [0.15, 0.2) is 29.1 Å². The minimum absolute atomic E-state index is 0.161. The number of carbonyl (C=O) groups is 1. The number of rotatable bonds is 2. The van der Waals surface area contributed by atoms with Gasteiger partial charge in [-0.2, -0.15) is 0 Å². The molecule has 6 heteroatoms. The van der Waals surface area contributed by atoms with E-state index in [9.17, 15) is 9.59 Å². The highest BCUT2D eigenvalue weighted by molar-refractivity contribution is 6.37. The molecule has 0 saturated carbocycles. The number of aromatic amines is 2. The van der Waals surface area contributed by atoms with E-state index in [2.05, 4.69) is 10.2 Å². The predicted octanol–water partition coefficient (Wildman–Crippen LogP) is 2.24. The van der Waals surface area contributed by atoms with Gasteiger partial charge in [-0.05, 0) is 18.2 Å². The highest BCUT2D eigenvalue weighted by Gasteiger charge is 2.14. The average molecular weight is 257 g/mol. The summed E-state index contributed by atoms with van der Waals surface area (Å²) in [7, 11) is 0. The number of H-pyrrole nitrogens is 2. The molecule has 2 N–H and O–H groups in total. The van der Waals surface area contributed by atoms with Crippen LogP contribution in [0.25, 0.3) is 0 Å². The van der Waals surface area contributed by atoms with E-state index in [1.165, 1.54) is 18.2 Å².